The number of thiazole rings is 1. The largest absolute Gasteiger partial charge is 0.488 e. The number of hydrogen-bond donors (Lipinski definition) is 2. The van der Waals surface area contributed by atoms with Crippen LogP contribution in [0, 0.1) is 0 Å². The zero-order valence-corrected chi connectivity index (χ0v) is 11.7. The van der Waals surface area contributed by atoms with Gasteiger partial charge in [0.2, 0.25) is 0 Å². The van der Waals surface area contributed by atoms with Gasteiger partial charge in [0.25, 0.3) is 0 Å². The Balaban J connectivity index is 1.79. The molecule has 0 saturated heterocycles. The lowest BCUT2D eigenvalue weighted by Gasteiger charge is -1.97. The van der Waals surface area contributed by atoms with Crippen molar-refractivity contribution in [3.8, 4) is 0 Å². The van der Waals surface area contributed by atoms with Crippen molar-refractivity contribution in [1.82, 2.24) is 4.98 Å². The molecule has 0 saturated carbocycles. The van der Waals surface area contributed by atoms with Gasteiger partial charge in [-0.25, -0.2) is 4.98 Å². The van der Waals surface area contributed by atoms with E-state index in [0.717, 1.165) is 28.1 Å². The fourth-order valence-corrected chi connectivity index (χ4v) is 3.17. The molecular formula is C15H14BNO2S. The summed E-state index contributed by atoms with van der Waals surface area (Å²) in [6.07, 6.45) is 1.87. The second-order valence-corrected chi connectivity index (χ2v) is 5.81. The molecule has 5 heteroatoms. The van der Waals surface area contributed by atoms with E-state index >= 15 is 0 Å². The molecule has 1 aromatic heterocycles. The van der Waals surface area contributed by atoms with Gasteiger partial charge in [-0.15, -0.1) is 11.3 Å². The van der Waals surface area contributed by atoms with Gasteiger partial charge in [-0.1, -0.05) is 36.4 Å². The Morgan fingerprint density at radius 1 is 1.00 bits per heavy atom. The number of nitrogens with zero attached hydrogens (tertiary/aromatic N) is 1. The van der Waals surface area contributed by atoms with Crippen LogP contribution in [0.5, 0.6) is 0 Å². The Morgan fingerprint density at radius 3 is 2.55 bits per heavy atom. The molecule has 3 nitrogen and oxygen atoms in total. The molecule has 0 aliphatic rings. The lowest BCUT2D eigenvalue weighted by atomic mass is 9.80. The maximum absolute atomic E-state index is 9.18. The van der Waals surface area contributed by atoms with Crippen LogP contribution in [0.2, 0.25) is 0 Å². The number of hydrogen-bond acceptors (Lipinski definition) is 4. The average Bonchev–Trinajstić information content (AvgIpc) is 2.88. The predicted octanol–water partition coefficient (Wildman–Crippen LogP) is 1.76. The summed E-state index contributed by atoms with van der Waals surface area (Å²) in [5.41, 5.74) is 2.73. The molecule has 0 aliphatic heterocycles. The van der Waals surface area contributed by atoms with Crippen molar-refractivity contribution >= 4 is 34.1 Å². The van der Waals surface area contributed by atoms with E-state index in [-0.39, 0.29) is 0 Å². The Morgan fingerprint density at radius 2 is 1.80 bits per heavy atom. The molecule has 0 aliphatic carbocycles. The van der Waals surface area contributed by atoms with E-state index in [9.17, 15) is 10.0 Å². The fourth-order valence-electron chi connectivity index (χ4n) is 2.15. The minimum Gasteiger partial charge on any atom is -0.423 e. The van der Waals surface area contributed by atoms with Crippen LogP contribution in [-0.2, 0) is 12.8 Å². The molecule has 20 heavy (non-hydrogen) atoms. The van der Waals surface area contributed by atoms with Gasteiger partial charge >= 0.3 is 7.12 Å². The van der Waals surface area contributed by atoms with Crippen molar-refractivity contribution in [3.63, 3.8) is 0 Å². The number of rotatable bonds is 4. The SMILES string of the molecule is OB(O)c1ccc2nc(CCc3ccccc3)sc2c1. The van der Waals surface area contributed by atoms with Gasteiger partial charge < -0.3 is 10.0 Å². The van der Waals surface area contributed by atoms with Crippen molar-refractivity contribution in [2.75, 3.05) is 0 Å². The van der Waals surface area contributed by atoms with Crippen LogP contribution in [-0.4, -0.2) is 22.2 Å². The third kappa shape index (κ3) is 2.90. The fraction of sp³-hybridized carbons (Fsp3) is 0.133. The van der Waals surface area contributed by atoms with Gasteiger partial charge in [0.05, 0.1) is 15.2 Å². The van der Waals surface area contributed by atoms with Gasteiger partial charge in [0, 0.05) is 6.42 Å². The lowest BCUT2D eigenvalue weighted by Crippen LogP contribution is -2.29. The molecule has 0 bridgehead atoms. The van der Waals surface area contributed by atoms with Crippen molar-refractivity contribution in [3.05, 3.63) is 59.1 Å². The maximum atomic E-state index is 9.18. The van der Waals surface area contributed by atoms with Crippen molar-refractivity contribution in [2.24, 2.45) is 0 Å². The topological polar surface area (TPSA) is 53.4 Å². The van der Waals surface area contributed by atoms with Crippen molar-refractivity contribution in [2.45, 2.75) is 12.8 Å². The maximum Gasteiger partial charge on any atom is 0.488 e. The third-order valence-corrected chi connectivity index (χ3v) is 4.30. The minimum atomic E-state index is -1.42. The highest BCUT2D eigenvalue weighted by Gasteiger charge is 2.12. The van der Waals surface area contributed by atoms with Gasteiger partial charge in [-0.3, -0.25) is 0 Å². The van der Waals surface area contributed by atoms with Crippen LogP contribution < -0.4 is 5.46 Å². The summed E-state index contributed by atoms with van der Waals surface area (Å²) >= 11 is 1.61. The first-order valence-corrected chi connectivity index (χ1v) is 7.33. The van der Waals surface area contributed by atoms with E-state index in [4.69, 9.17) is 0 Å². The Labute approximate surface area is 121 Å². The summed E-state index contributed by atoms with van der Waals surface area (Å²) in [7, 11) is -1.42. The van der Waals surface area contributed by atoms with Gasteiger partial charge in [0.15, 0.2) is 0 Å². The molecule has 2 N–H and O–H groups in total. The summed E-state index contributed by atoms with van der Waals surface area (Å²) in [4.78, 5) is 4.58. The minimum absolute atomic E-state index is 0.510. The van der Waals surface area contributed by atoms with Crippen LogP contribution in [0.25, 0.3) is 10.2 Å². The molecule has 0 atom stereocenters. The highest BCUT2D eigenvalue weighted by atomic mass is 32.1. The Hall–Kier alpha value is -1.69. The molecule has 2 aromatic carbocycles. The molecule has 0 spiro atoms. The van der Waals surface area contributed by atoms with E-state index in [1.807, 2.05) is 24.3 Å². The normalized spacial score (nSPS) is 10.9. The van der Waals surface area contributed by atoms with Crippen LogP contribution >= 0.6 is 11.3 Å². The average molecular weight is 283 g/mol. The summed E-state index contributed by atoms with van der Waals surface area (Å²) in [5.74, 6) is 0. The number of aromatic nitrogens is 1. The Bertz CT molecular complexity index is 712. The van der Waals surface area contributed by atoms with E-state index in [0.29, 0.717) is 5.46 Å². The summed E-state index contributed by atoms with van der Waals surface area (Å²) < 4.78 is 0.999. The molecule has 0 amide bonds. The first-order valence-electron chi connectivity index (χ1n) is 6.52. The summed E-state index contributed by atoms with van der Waals surface area (Å²) in [5, 5.41) is 19.4. The smallest absolute Gasteiger partial charge is 0.423 e. The highest BCUT2D eigenvalue weighted by molar-refractivity contribution is 7.18. The summed E-state index contributed by atoms with van der Waals surface area (Å²) in [6.45, 7) is 0. The van der Waals surface area contributed by atoms with E-state index < -0.39 is 7.12 Å². The molecule has 3 aromatic rings. The number of fused-ring (bicyclic) bond motifs is 1. The van der Waals surface area contributed by atoms with Gasteiger partial charge in [0.1, 0.15) is 0 Å². The zero-order valence-electron chi connectivity index (χ0n) is 10.9. The molecule has 0 unspecified atom stereocenters. The van der Waals surface area contributed by atoms with E-state index in [1.165, 1.54) is 5.56 Å². The summed E-state index contributed by atoms with van der Waals surface area (Å²) in [6, 6.07) is 15.7. The van der Waals surface area contributed by atoms with Gasteiger partial charge in [-0.2, -0.15) is 0 Å². The zero-order chi connectivity index (χ0) is 13.9. The second-order valence-electron chi connectivity index (χ2n) is 4.69. The number of benzene rings is 2. The predicted molar refractivity (Wildman–Crippen MR) is 83.3 cm³/mol. The Kier molecular flexibility index (Phi) is 3.82. The standard InChI is InChI=1S/C15H14BNO2S/c18-16(19)12-7-8-13-14(10-12)20-15(17-13)9-6-11-4-2-1-3-5-11/h1-5,7-8,10,18-19H,6,9H2. The van der Waals surface area contributed by atoms with E-state index in [2.05, 4.69) is 17.1 Å². The van der Waals surface area contributed by atoms with Crippen LogP contribution in [0.3, 0.4) is 0 Å². The first kappa shape index (κ1) is 13.3. The van der Waals surface area contributed by atoms with E-state index in [1.54, 1.807) is 23.5 Å². The lowest BCUT2D eigenvalue weighted by molar-refractivity contribution is 0.426. The van der Waals surface area contributed by atoms with Crippen LogP contribution in [0.15, 0.2) is 48.5 Å². The number of aryl methyl sites for hydroxylation is 2. The second kappa shape index (κ2) is 5.75. The molecule has 1 heterocycles. The molecule has 100 valence electrons. The molecule has 0 fully saturated rings. The van der Waals surface area contributed by atoms with Crippen molar-refractivity contribution in [1.29, 1.82) is 0 Å². The molecular weight excluding hydrogens is 269 g/mol. The van der Waals surface area contributed by atoms with Crippen LogP contribution in [0.1, 0.15) is 10.6 Å². The molecule has 0 radical (unpaired) electrons. The quantitative estimate of drug-likeness (QED) is 0.717. The molecule has 3 rings (SSSR count). The van der Waals surface area contributed by atoms with Crippen LogP contribution in [0.4, 0.5) is 0 Å². The monoisotopic (exact) mass is 283 g/mol. The van der Waals surface area contributed by atoms with Gasteiger partial charge in [-0.05, 0) is 29.6 Å². The van der Waals surface area contributed by atoms with Crippen molar-refractivity contribution < 1.29 is 10.0 Å². The first-order chi connectivity index (χ1) is 9.72. The third-order valence-electron chi connectivity index (χ3n) is 3.23. The highest BCUT2D eigenvalue weighted by Crippen LogP contribution is 2.22.